The van der Waals surface area contributed by atoms with Crippen molar-refractivity contribution >= 4 is 17.5 Å². The predicted octanol–water partition coefficient (Wildman–Crippen LogP) is 2.72. The minimum atomic E-state index is -0.0197. The molecule has 2 heterocycles. The van der Waals surface area contributed by atoms with Crippen molar-refractivity contribution in [2.45, 2.75) is 19.3 Å². The summed E-state index contributed by atoms with van der Waals surface area (Å²) in [5.74, 6) is 0.344. The van der Waals surface area contributed by atoms with E-state index in [1.165, 1.54) is 18.8 Å². The zero-order valence-electron chi connectivity index (χ0n) is 12.7. The van der Waals surface area contributed by atoms with Gasteiger partial charge in [-0.15, -0.1) is 0 Å². The lowest BCUT2D eigenvalue weighted by Gasteiger charge is -2.26. The van der Waals surface area contributed by atoms with E-state index in [0.29, 0.717) is 22.8 Å². The van der Waals surface area contributed by atoms with E-state index >= 15 is 0 Å². The molecule has 3 rings (SSSR count). The van der Waals surface area contributed by atoms with Gasteiger partial charge in [0.1, 0.15) is 6.07 Å². The van der Waals surface area contributed by atoms with Crippen LogP contribution in [0.5, 0.6) is 0 Å². The maximum Gasteiger partial charge on any atom is 0.256 e. The zero-order valence-corrected chi connectivity index (χ0v) is 12.7. The first kappa shape index (κ1) is 15.0. The molecule has 0 aliphatic carbocycles. The van der Waals surface area contributed by atoms with Gasteiger partial charge in [-0.1, -0.05) is 12.1 Å². The molecule has 0 atom stereocenters. The third kappa shape index (κ3) is 3.46. The zero-order chi connectivity index (χ0) is 16.1. The van der Waals surface area contributed by atoms with Crippen molar-refractivity contribution in [2.75, 3.05) is 18.4 Å². The number of likely N-dealkylation sites (tertiary alicyclic amines) is 1. The number of anilines is 2. The van der Waals surface area contributed by atoms with E-state index in [0.717, 1.165) is 25.9 Å². The molecule has 6 nitrogen and oxygen atoms in total. The molecular formula is C17H17N5O. The number of carbonyl (C=O) groups is 1. The van der Waals surface area contributed by atoms with Crippen LogP contribution in [-0.2, 0) is 0 Å². The number of benzene rings is 1. The van der Waals surface area contributed by atoms with Gasteiger partial charge in [0.2, 0.25) is 5.95 Å². The monoisotopic (exact) mass is 307 g/mol. The number of carbonyl (C=O) groups excluding carboxylic acids is 1. The summed E-state index contributed by atoms with van der Waals surface area (Å²) in [7, 11) is 0. The smallest absolute Gasteiger partial charge is 0.256 e. The maximum absolute atomic E-state index is 12.4. The van der Waals surface area contributed by atoms with Crippen LogP contribution in [0.3, 0.4) is 0 Å². The second kappa shape index (κ2) is 6.88. The van der Waals surface area contributed by atoms with Gasteiger partial charge in [-0.05, 0) is 31.4 Å². The van der Waals surface area contributed by atoms with E-state index < -0.39 is 0 Å². The molecule has 1 fully saturated rings. The van der Waals surface area contributed by atoms with Crippen molar-refractivity contribution in [1.29, 1.82) is 5.26 Å². The Labute approximate surface area is 134 Å². The van der Waals surface area contributed by atoms with Gasteiger partial charge in [0, 0.05) is 25.5 Å². The molecule has 116 valence electrons. The molecule has 0 saturated carbocycles. The van der Waals surface area contributed by atoms with Gasteiger partial charge in [0.05, 0.1) is 16.8 Å². The van der Waals surface area contributed by atoms with Crippen LogP contribution in [0.2, 0.25) is 0 Å². The van der Waals surface area contributed by atoms with E-state index in [-0.39, 0.29) is 5.91 Å². The molecule has 1 aromatic heterocycles. The Morgan fingerprint density at radius 2 is 1.83 bits per heavy atom. The molecule has 0 bridgehead atoms. The number of hydrogen-bond acceptors (Lipinski definition) is 5. The summed E-state index contributed by atoms with van der Waals surface area (Å²) in [4.78, 5) is 22.6. The van der Waals surface area contributed by atoms with E-state index in [4.69, 9.17) is 5.26 Å². The topological polar surface area (TPSA) is 81.9 Å². The molecular weight excluding hydrogens is 290 g/mol. The summed E-state index contributed by atoms with van der Waals surface area (Å²) in [6.45, 7) is 1.60. The molecule has 2 aromatic rings. The second-order valence-corrected chi connectivity index (χ2v) is 5.43. The molecule has 1 saturated heterocycles. The van der Waals surface area contributed by atoms with Gasteiger partial charge < -0.3 is 10.2 Å². The first-order valence-corrected chi connectivity index (χ1v) is 7.65. The van der Waals surface area contributed by atoms with Crippen molar-refractivity contribution in [2.24, 2.45) is 0 Å². The summed E-state index contributed by atoms with van der Waals surface area (Å²) in [5.41, 5.74) is 1.65. The molecule has 6 heteroatoms. The fraction of sp³-hybridized carbons (Fsp3) is 0.294. The van der Waals surface area contributed by atoms with Crippen molar-refractivity contribution < 1.29 is 4.79 Å². The van der Waals surface area contributed by atoms with Crippen molar-refractivity contribution in [3.8, 4) is 6.07 Å². The van der Waals surface area contributed by atoms with Crippen molar-refractivity contribution in [1.82, 2.24) is 14.9 Å². The van der Waals surface area contributed by atoms with Crippen LogP contribution < -0.4 is 5.32 Å². The van der Waals surface area contributed by atoms with Crippen LogP contribution >= 0.6 is 0 Å². The number of nitrogens with one attached hydrogen (secondary N) is 1. The first-order chi connectivity index (χ1) is 11.3. The normalized spacial score (nSPS) is 14.1. The highest BCUT2D eigenvalue weighted by atomic mass is 16.2. The Balaban J connectivity index is 1.72. The molecule has 23 heavy (non-hydrogen) atoms. The SMILES string of the molecule is N#Cc1ccccc1Nc1ncc(C(=O)N2CCCCC2)cn1. The lowest BCUT2D eigenvalue weighted by Crippen LogP contribution is -2.35. The fourth-order valence-electron chi connectivity index (χ4n) is 2.59. The van der Waals surface area contributed by atoms with Crippen LogP contribution in [0.4, 0.5) is 11.6 Å². The fourth-order valence-corrected chi connectivity index (χ4v) is 2.59. The highest BCUT2D eigenvalue weighted by molar-refractivity contribution is 5.93. The van der Waals surface area contributed by atoms with Crippen LogP contribution in [-0.4, -0.2) is 33.9 Å². The molecule has 0 radical (unpaired) electrons. The van der Waals surface area contributed by atoms with E-state index in [9.17, 15) is 4.79 Å². The molecule has 0 unspecified atom stereocenters. The minimum Gasteiger partial charge on any atom is -0.339 e. The standard InChI is InChI=1S/C17H17N5O/c18-10-13-6-2-3-7-15(13)21-17-19-11-14(12-20-17)16(23)22-8-4-1-5-9-22/h2-3,6-7,11-12H,1,4-5,8-9H2,(H,19,20,21). The van der Waals surface area contributed by atoms with Crippen LogP contribution in [0.15, 0.2) is 36.7 Å². The summed E-state index contributed by atoms with van der Waals surface area (Å²) in [6, 6.07) is 9.24. The Morgan fingerprint density at radius 3 is 2.52 bits per heavy atom. The quantitative estimate of drug-likeness (QED) is 0.942. The number of hydrogen-bond donors (Lipinski definition) is 1. The number of amides is 1. The lowest BCUT2D eigenvalue weighted by atomic mass is 10.1. The van der Waals surface area contributed by atoms with Crippen LogP contribution in [0, 0.1) is 11.3 Å². The minimum absolute atomic E-state index is 0.0197. The Morgan fingerprint density at radius 1 is 1.13 bits per heavy atom. The van der Waals surface area contributed by atoms with E-state index in [2.05, 4.69) is 21.4 Å². The van der Waals surface area contributed by atoms with E-state index in [1.807, 2.05) is 11.0 Å². The number of piperidine rings is 1. The van der Waals surface area contributed by atoms with Gasteiger partial charge in [0.15, 0.2) is 0 Å². The number of para-hydroxylation sites is 1. The average Bonchev–Trinajstić information content (AvgIpc) is 2.63. The Kier molecular flexibility index (Phi) is 4.48. The Hall–Kier alpha value is -2.94. The average molecular weight is 307 g/mol. The summed E-state index contributed by atoms with van der Waals surface area (Å²) in [5, 5.41) is 12.1. The van der Waals surface area contributed by atoms with Gasteiger partial charge in [-0.2, -0.15) is 5.26 Å². The van der Waals surface area contributed by atoms with Gasteiger partial charge in [-0.25, -0.2) is 9.97 Å². The van der Waals surface area contributed by atoms with Gasteiger partial charge in [-0.3, -0.25) is 4.79 Å². The number of aromatic nitrogens is 2. The highest BCUT2D eigenvalue weighted by Gasteiger charge is 2.18. The largest absolute Gasteiger partial charge is 0.339 e. The van der Waals surface area contributed by atoms with Crippen LogP contribution in [0.25, 0.3) is 0 Å². The third-order valence-corrected chi connectivity index (χ3v) is 3.84. The summed E-state index contributed by atoms with van der Waals surface area (Å²) in [6.07, 6.45) is 6.35. The van der Waals surface area contributed by atoms with E-state index in [1.54, 1.807) is 18.2 Å². The number of nitrogens with zero attached hydrogens (tertiary/aromatic N) is 4. The lowest BCUT2D eigenvalue weighted by molar-refractivity contribution is 0.0723. The molecule has 1 N–H and O–H groups in total. The second-order valence-electron chi connectivity index (χ2n) is 5.43. The predicted molar refractivity (Wildman–Crippen MR) is 86.2 cm³/mol. The highest BCUT2D eigenvalue weighted by Crippen LogP contribution is 2.18. The summed E-state index contributed by atoms with van der Waals surface area (Å²) >= 11 is 0. The third-order valence-electron chi connectivity index (χ3n) is 3.84. The summed E-state index contributed by atoms with van der Waals surface area (Å²) < 4.78 is 0. The van der Waals surface area contributed by atoms with Gasteiger partial charge >= 0.3 is 0 Å². The molecule has 1 aliphatic rings. The van der Waals surface area contributed by atoms with Crippen LogP contribution in [0.1, 0.15) is 35.2 Å². The van der Waals surface area contributed by atoms with Crippen molar-refractivity contribution in [3.63, 3.8) is 0 Å². The Bertz CT molecular complexity index is 729. The van der Waals surface area contributed by atoms with Crippen molar-refractivity contribution in [3.05, 3.63) is 47.8 Å². The molecule has 1 amide bonds. The first-order valence-electron chi connectivity index (χ1n) is 7.65. The number of nitriles is 1. The molecule has 1 aliphatic heterocycles. The molecule has 0 spiro atoms. The number of rotatable bonds is 3. The van der Waals surface area contributed by atoms with Gasteiger partial charge in [0.25, 0.3) is 5.91 Å². The maximum atomic E-state index is 12.4. The molecule has 1 aromatic carbocycles.